The van der Waals surface area contributed by atoms with E-state index in [-0.39, 0.29) is 5.91 Å². The maximum Gasteiger partial charge on any atom is 0.408 e. The normalized spacial score (nSPS) is 12.7. The van der Waals surface area contributed by atoms with Gasteiger partial charge in [-0.15, -0.1) is 0 Å². The fraction of sp³-hybridized carbons (Fsp3) is 0.846. The smallest absolute Gasteiger partial charge is 0.408 e. The Kier molecular flexibility index (Phi) is 8.17. The van der Waals surface area contributed by atoms with Crippen molar-refractivity contribution in [1.82, 2.24) is 10.4 Å². The fourth-order valence-corrected chi connectivity index (χ4v) is 1.51. The van der Waals surface area contributed by atoms with Gasteiger partial charge in [0.25, 0.3) is 5.91 Å². The number of nitrogens with two attached hydrogens (primary N) is 1. The molecule has 0 aliphatic carbocycles. The molecule has 7 heteroatoms. The third-order valence-corrected chi connectivity index (χ3v) is 2.52. The highest BCUT2D eigenvalue weighted by Crippen LogP contribution is 2.09. The maximum absolute atomic E-state index is 12.1. The van der Waals surface area contributed by atoms with Crippen molar-refractivity contribution in [3.8, 4) is 0 Å². The summed E-state index contributed by atoms with van der Waals surface area (Å²) in [6.07, 6.45) is 1.40. The molecule has 0 aliphatic heterocycles. The van der Waals surface area contributed by atoms with Crippen molar-refractivity contribution in [2.75, 3.05) is 20.7 Å². The maximum atomic E-state index is 12.1. The standard InChI is InChI=1S/C13H27N3O4/c1-13(2,3)20-12(18)15-10(8-6-7-9-14)11(17)16(4)19-5/h10H,6-9,14H2,1-5H3,(H,15,18)/t10-/m0/s1. The van der Waals surface area contributed by atoms with Gasteiger partial charge in [-0.1, -0.05) is 0 Å². The molecule has 0 radical (unpaired) electrons. The Balaban J connectivity index is 4.59. The Morgan fingerprint density at radius 3 is 2.35 bits per heavy atom. The zero-order valence-electron chi connectivity index (χ0n) is 13.1. The summed E-state index contributed by atoms with van der Waals surface area (Å²) >= 11 is 0. The van der Waals surface area contributed by atoms with Crippen LogP contribution in [0.25, 0.3) is 0 Å². The molecule has 0 heterocycles. The first-order valence-electron chi connectivity index (χ1n) is 6.72. The first kappa shape index (κ1) is 18.7. The Hall–Kier alpha value is -1.34. The van der Waals surface area contributed by atoms with Crippen molar-refractivity contribution in [2.24, 2.45) is 5.73 Å². The lowest BCUT2D eigenvalue weighted by Crippen LogP contribution is -2.48. The first-order valence-corrected chi connectivity index (χ1v) is 6.72. The highest BCUT2D eigenvalue weighted by molar-refractivity contribution is 5.84. The second-order valence-electron chi connectivity index (χ2n) is 5.50. The molecule has 0 fully saturated rings. The summed E-state index contributed by atoms with van der Waals surface area (Å²) in [7, 11) is 2.89. The third-order valence-electron chi connectivity index (χ3n) is 2.52. The van der Waals surface area contributed by atoms with Gasteiger partial charge >= 0.3 is 6.09 Å². The van der Waals surface area contributed by atoms with E-state index in [1.165, 1.54) is 14.2 Å². The summed E-state index contributed by atoms with van der Waals surface area (Å²) in [4.78, 5) is 28.7. The number of alkyl carbamates (subject to hydrolysis) is 1. The highest BCUT2D eigenvalue weighted by atomic mass is 16.7. The topological polar surface area (TPSA) is 93.9 Å². The van der Waals surface area contributed by atoms with Crippen molar-refractivity contribution >= 4 is 12.0 Å². The summed E-state index contributed by atoms with van der Waals surface area (Å²) in [5.41, 5.74) is 4.82. The summed E-state index contributed by atoms with van der Waals surface area (Å²) in [6.45, 7) is 5.84. The minimum absolute atomic E-state index is 0.324. The molecule has 20 heavy (non-hydrogen) atoms. The molecule has 118 valence electrons. The van der Waals surface area contributed by atoms with E-state index in [0.717, 1.165) is 17.9 Å². The van der Waals surface area contributed by atoms with E-state index in [4.69, 9.17) is 15.3 Å². The number of ether oxygens (including phenoxy) is 1. The molecule has 7 nitrogen and oxygen atoms in total. The molecule has 0 aromatic heterocycles. The lowest BCUT2D eigenvalue weighted by atomic mass is 10.1. The number of amides is 2. The molecule has 0 rings (SSSR count). The van der Waals surface area contributed by atoms with Crippen LogP contribution in [0.3, 0.4) is 0 Å². The number of rotatable bonds is 7. The first-order chi connectivity index (χ1) is 9.21. The number of hydrogen-bond acceptors (Lipinski definition) is 5. The van der Waals surface area contributed by atoms with Gasteiger partial charge in [-0.2, -0.15) is 0 Å². The molecule has 0 saturated heterocycles. The van der Waals surface area contributed by atoms with Gasteiger partial charge in [0.2, 0.25) is 0 Å². The van der Waals surface area contributed by atoms with Crippen molar-refractivity contribution in [2.45, 2.75) is 51.7 Å². The second kappa shape index (κ2) is 8.76. The molecule has 0 aromatic carbocycles. The SMILES string of the molecule is CON(C)C(=O)[C@H](CCCCN)NC(=O)OC(C)(C)C. The zero-order chi connectivity index (χ0) is 15.8. The van der Waals surface area contributed by atoms with Gasteiger partial charge in [-0.3, -0.25) is 9.63 Å². The van der Waals surface area contributed by atoms with Crippen LogP contribution in [0.5, 0.6) is 0 Å². The summed E-state index contributed by atoms with van der Waals surface area (Å²) in [5.74, 6) is -0.324. The molecule has 3 N–H and O–H groups in total. The quantitative estimate of drug-likeness (QED) is 0.539. The summed E-state index contributed by atoms with van der Waals surface area (Å²) in [5, 5.41) is 3.66. The lowest BCUT2D eigenvalue weighted by Gasteiger charge is -2.25. The molecule has 0 aliphatic rings. The number of nitrogens with zero attached hydrogens (tertiary/aromatic N) is 1. The number of likely N-dealkylation sites (N-methyl/N-ethyl adjacent to an activating group) is 1. The molecule has 2 amide bonds. The van der Waals surface area contributed by atoms with Crippen molar-refractivity contribution in [3.63, 3.8) is 0 Å². The number of carbonyl (C=O) groups is 2. The predicted octanol–water partition coefficient (Wildman–Crippen LogP) is 1.03. The van der Waals surface area contributed by atoms with Gasteiger partial charge in [-0.05, 0) is 46.6 Å². The van der Waals surface area contributed by atoms with E-state index >= 15 is 0 Å². The Labute approximate surface area is 120 Å². The summed E-state index contributed by atoms with van der Waals surface area (Å²) in [6, 6.07) is -0.679. The van der Waals surface area contributed by atoms with Crippen LogP contribution in [-0.4, -0.2) is 49.4 Å². The van der Waals surface area contributed by atoms with E-state index in [1.807, 2.05) is 0 Å². The van der Waals surface area contributed by atoms with E-state index in [1.54, 1.807) is 20.8 Å². The number of unbranched alkanes of at least 4 members (excludes halogenated alkanes) is 1. The molecule has 0 unspecified atom stereocenters. The molecular weight excluding hydrogens is 262 g/mol. The molecule has 0 saturated carbocycles. The van der Waals surface area contributed by atoms with Crippen LogP contribution in [0, 0.1) is 0 Å². The molecule has 0 aromatic rings. The van der Waals surface area contributed by atoms with Gasteiger partial charge in [0.1, 0.15) is 11.6 Å². The van der Waals surface area contributed by atoms with Crippen LogP contribution < -0.4 is 11.1 Å². The van der Waals surface area contributed by atoms with Gasteiger partial charge in [0.15, 0.2) is 0 Å². The van der Waals surface area contributed by atoms with Crippen LogP contribution in [0.4, 0.5) is 4.79 Å². The Bertz CT molecular complexity index is 315. The van der Waals surface area contributed by atoms with E-state index in [9.17, 15) is 9.59 Å². The van der Waals surface area contributed by atoms with E-state index < -0.39 is 17.7 Å². The zero-order valence-corrected chi connectivity index (χ0v) is 13.1. The van der Waals surface area contributed by atoms with Gasteiger partial charge in [0, 0.05) is 7.05 Å². The number of hydrogen-bond donors (Lipinski definition) is 2. The number of nitrogens with one attached hydrogen (secondary N) is 1. The fourth-order valence-electron chi connectivity index (χ4n) is 1.51. The monoisotopic (exact) mass is 289 g/mol. The van der Waals surface area contributed by atoms with Crippen molar-refractivity contribution in [1.29, 1.82) is 0 Å². The molecule has 1 atom stereocenters. The number of hydroxylamine groups is 2. The van der Waals surface area contributed by atoms with E-state index in [2.05, 4.69) is 5.32 Å². The van der Waals surface area contributed by atoms with Crippen molar-refractivity contribution in [3.05, 3.63) is 0 Å². The average molecular weight is 289 g/mol. The summed E-state index contributed by atoms with van der Waals surface area (Å²) < 4.78 is 5.15. The number of carbonyl (C=O) groups excluding carboxylic acids is 2. The largest absolute Gasteiger partial charge is 0.444 e. The van der Waals surface area contributed by atoms with Crippen LogP contribution in [0.1, 0.15) is 40.0 Å². The third kappa shape index (κ3) is 7.96. The molecule has 0 spiro atoms. The highest BCUT2D eigenvalue weighted by Gasteiger charge is 2.26. The second-order valence-corrected chi connectivity index (χ2v) is 5.50. The van der Waals surface area contributed by atoms with Crippen LogP contribution in [-0.2, 0) is 14.4 Å². The van der Waals surface area contributed by atoms with Gasteiger partial charge in [0.05, 0.1) is 7.11 Å². The van der Waals surface area contributed by atoms with Gasteiger partial charge < -0.3 is 15.8 Å². The van der Waals surface area contributed by atoms with E-state index in [0.29, 0.717) is 13.0 Å². The van der Waals surface area contributed by atoms with Crippen LogP contribution in [0.15, 0.2) is 0 Å². The Morgan fingerprint density at radius 1 is 1.30 bits per heavy atom. The van der Waals surface area contributed by atoms with Gasteiger partial charge in [-0.25, -0.2) is 9.86 Å². The minimum atomic E-state index is -0.679. The lowest BCUT2D eigenvalue weighted by molar-refractivity contribution is -0.171. The molecular formula is C13H27N3O4. The molecule has 0 bridgehead atoms. The average Bonchev–Trinajstić information content (AvgIpc) is 2.33. The predicted molar refractivity (Wildman–Crippen MR) is 75.8 cm³/mol. The minimum Gasteiger partial charge on any atom is -0.444 e. The van der Waals surface area contributed by atoms with Crippen LogP contribution in [0.2, 0.25) is 0 Å². The Morgan fingerprint density at radius 2 is 1.90 bits per heavy atom. The van der Waals surface area contributed by atoms with Crippen LogP contribution >= 0.6 is 0 Å². The van der Waals surface area contributed by atoms with Crippen molar-refractivity contribution < 1.29 is 19.2 Å².